The van der Waals surface area contributed by atoms with E-state index in [2.05, 4.69) is 37.5 Å². The summed E-state index contributed by atoms with van der Waals surface area (Å²) in [5.41, 5.74) is 2.95. The number of rotatable bonds is 3. The summed E-state index contributed by atoms with van der Waals surface area (Å²) < 4.78 is 1.05. The van der Waals surface area contributed by atoms with Crippen molar-refractivity contribution in [1.82, 2.24) is 15.0 Å². The standard InChI is InChI=1S/C10H11IN4S/c1-7-9(16-6-14-7)5-15(2)10-12-3-8(11)4-13-10/h3-4,6H,5H2,1-2H3. The largest absolute Gasteiger partial charge is 0.339 e. The van der Waals surface area contributed by atoms with Crippen LogP contribution in [0.25, 0.3) is 0 Å². The monoisotopic (exact) mass is 346 g/mol. The van der Waals surface area contributed by atoms with Crippen molar-refractivity contribution in [3.05, 3.63) is 32.0 Å². The Balaban J connectivity index is 2.11. The van der Waals surface area contributed by atoms with Crippen LogP contribution in [0.5, 0.6) is 0 Å². The summed E-state index contributed by atoms with van der Waals surface area (Å²) in [5, 5.41) is 0. The van der Waals surface area contributed by atoms with Crippen molar-refractivity contribution >= 4 is 39.9 Å². The Kier molecular flexibility index (Phi) is 3.70. The number of hydrogen-bond donors (Lipinski definition) is 0. The molecule has 0 aliphatic carbocycles. The van der Waals surface area contributed by atoms with E-state index in [0.29, 0.717) is 0 Å². The molecule has 0 spiro atoms. The molecular formula is C10H11IN4S. The normalized spacial score (nSPS) is 10.4. The van der Waals surface area contributed by atoms with E-state index < -0.39 is 0 Å². The molecule has 2 heterocycles. The number of anilines is 1. The number of nitrogens with zero attached hydrogens (tertiary/aromatic N) is 4. The fourth-order valence-electron chi connectivity index (χ4n) is 1.27. The van der Waals surface area contributed by atoms with Gasteiger partial charge in [-0.25, -0.2) is 15.0 Å². The van der Waals surface area contributed by atoms with E-state index >= 15 is 0 Å². The summed E-state index contributed by atoms with van der Waals surface area (Å²) in [4.78, 5) is 16.1. The fourth-order valence-corrected chi connectivity index (χ4v) is 2.37. The summed E-state index contributed by atoms with van der Waals surface area (Å²) >= 11 is 3.86. The van der Waals surface area contributed by atoms with Gasteiger partial charge in [0.25, 0.3) is 0 Å². The molecule has 6 heteroatoms. The zero-order valence-electron chi connectivity index (χ0n) is 9.01. The van der Waals surface area contributed by atoms with Crippen molar-refractivity contribution in [3.63, 3.8) is 0 Å². The Morgan fingerprint density at radius 3 is 2.56 bits per heavy atom. The number of hydrogen-bond acceptors (Lipinski definition) is 5. The molecule has 0 atom stereocenters. The molecule has 4 nitrogen and oxygen atoms in total. The van der Waals surface area contributed by atoms with E-state index in [-0.39, 0.29) is 0 Å². The minimum atomic E-state index is 0.744. The number of halogens is 1. The van der Waals surface area contributed by atoms with Crippen LogP contribution in [0.3, 0.4) is 0 Å². The number of aromatic nitrogens is 3. The minimum Gasteiger partial charge on any atom is -0.339 e. The minimum absolute atomic E-state index is 0.744. The maximum Gasteiger partial charge on any atom is 0.225 e. The van der Waals surface area contributed by atoms with E-state index in [1.54, 1.807) is 11.3 Å². The molecule has 84 valence electrons. The van der Waals surface area contributed by atoms with Gasteiger partial charge in [-0.3, -0.25) is 0 Å². The molecule has 0 bridgehead atoms. The van der Waals surface area contributed by atoms with Crippen LogP contribution >= 0.6 is 33.9 Å². The van der Waals surface area contributed by atoms with Gasteiger partial charge in [-0.1, -0.05) is 0 Å². The second-order valence-electron chi connectivity index (χ2n) is 3.42. The van der Waals surface area contributed by atoms with Gasteiger partial charge in [0, 0.05) is 27.9 Å². The zero-order chi connectivity index (χ0) is 11.5. The van der Waals surface area contributed by atoms with E-state index in [1.807, 2.05) is 36.8 Å². The van der Waals surface area contributed by atoms with Crippen molar-refractivity contribution in [1.29, 1.82) is 0 Å². The fraction of sp³-hybridized carbons (Fsp3) is 0.300. The predicted octanol–water partition coefficient (Wildman–Crippen LogP) is 2.48. The average molecular weight is 346 g/mol. The molecular weight excluding hydrogens is 335 g/mol. The quantitative estimate of drug-likeness (QED) is 0.801. The first-order chi connectivity index (χ1) is 7.66. The van der Waals surface area contributed by atoms with Crippen LogP contribution in [-0.4, -0.2) is 22.0 Å². The highest BCUT2D eigenvalue weighted by Crippen LogP contribution is 2.16. The van der Waals surface area contributed by atoms with Crippen LogP contribution in [0, 0.1) is 10.5 Å². The van der Waals surface area contributed by atoms with Gasteiger partial charge in [-0.2, -0.15) is 0 Å². The molecule has 0 aromatic carbocycles. The van der Waals surface area contributed by atoms with Gasteiger partial charge in [0.2, 0.25) is 5.95 Å². The molecule has 16 heavy (non-hydrogen) atoms. The maximum absolute atomic E-state index is 4.28. The lowest BCUT2D eigenvalue weighted by molar-refractivity contribution is 0.868. The Morgan fingerprint density at radius 1 is 1.31 bits per heavy atom. The highest BCUT2D eigenvalue weighted by molar-refractivity contribution is 14.1. The molecule has 0 fully saturated rings. The molecule has 0 amide bonds. The van der Waals surface area contributed by atoms with E-state index in [1.165, 1.54) is 4.88 Å². The van der Waals surface area contributed by atoms with Crippen molar-refractivity contribution in [2.75, 3.05) is 11.9 Å². The summed E-state index contributed by atoms with van der Waals surface area (Å²) in [6.45, 7) is 2.82. The first-order valence-corrected chi connectivity index (χ1v) is 6.70. The summed E-state index contributed by atoms with van der Waals surface area (Å²) in [6.07, 6.45) is 3.64. The third-order valence-electron chi connectivity index (χ3n) is 2.17. The van der Waals surface area contributed by atoms with Crippen LogP contribution < -0.4 is 4.90 Å². The summed E-state index contributed by atoms with van der Waals surface area (Å²) in [7, 11) is 1.99. The molecule has 0 saturated carbocycles. The molecule has 0 unspecified atom stereocenters. The van der Waals surface area contributed by atoms with Gasteiger partial charge in [-0.05, 0) is 29.5 Å². The van der Waals surface area contributed by atoms with E-state index in [0.717, 1.165) is 21.8 Å². The molecule has 2 aromatic heterocycles. The van der Waals surface area contributed by atoms with E-state index in [9.17, 15) is 0 Å². The van der Waals surface area contributed by atoms with Crippen molar-refractivity contribution in [2.45, 2.75) is 13.5 Å². The lowest BCUT2D eigenvalue weighted by Gasteiger charge is -2.15. The number of thiazole rings is 1. The van der Waals surface area contributed by atoms with E-state index in [4.69, 9.17) is 0 Å². The smallest absolute Gasteiger partial charge is 0.225 e. The Labute approximate surface area is 112 Å². The van der Waals surface area contributed by atoms with Gasteiger partial charge in [0.15, 0.2) is 0 Å². The number of aryl methyl sites for hydroxylation is 1. The first kappa shape index (κ1) is 11.7. The lowest BCUT2D eigenvalue weighted by Crippen LogP contribution is -2.18. The predicted molar refractivity (Wildman–Crippen MR) is 73.7 cm³/mol. The average Bonchev–Trinajstić information content (AvgIpc) is 2.65. The van der Waals surface area contributed by atoms with Crippen LogP contribution in [-0.2, 0) is 6.54 Å². The SMILES string of the molecule is Cc1ncsc1CN(C)c1ncc(I)cn1. The summed E-state index contributed by atoms with van der Waals surface area (Å²) in [5.74, 6) is 0.744. The molecule has 0 saturated heterocycles. The maximum atomic E-state index is 4.28. The Bertz CT molecular complexity index is 468. The molecule has 0 aliphatic rings. The van der Waals surface area contributed by atoms with Crippen molar-refractivity contribution < 1.29 is 0 Å². The highest BCUT2D eigenvalue weighted by atomic mass is 127. The molecule has 2 aromatic rings. The molecule has 0 aliphatic heterocycles. The lowest BCUT2D eigenvalue weighted by atomic mass is 10.4. The third kappa shape index (κ3) is 2.67. The van der Waals surface area contributed by atoms with Crippen LogP contribution in [0.2, 0.25) is 0 Å². The molecule has 0 radical (unpaired) electrons. The van der Waals surface area contributed by atoms with Gasteiger partial charge in [-0.15, -0.1) is 11.3 Å². The van der Waals surface area contributed by atoms with Crippen LogP contribution in [0.4, 0.5) is 5.95 Å². The first-order valence-electron chi connectivity index (χ1n) is 4.74. The second-order valence-corrected chi connectivity index (χ2v) is 5.60. The highest BCUT2D eigenvalue weighted by Gasteiger charge is 2.08. The van der Waals surface area contributed by atoms with Crippen LogP contribution in [0.1, 0.15) is 10.6 Å². The van der Waals surface area contributed by atoms with Gasteiger partial charge >= 0.3 is 0 Å². The van der Waals surface area contributed by atoms with Gasteiger partial charge in [0.1, 0.15) is 0 Å². The molecule has 0 N–H and O–H groups in total. The molecule has 2 rings (SSSR count). The van der Waals surface area contributed by atoms with Crippen molar-refractivity contribution in [3.8, 4) is 0 Å². The third-order valence-corrected chi connectivity index (χ3v) is 3.65. The van der Waals surface area contributed by atoms with Gasteiger partial charge < -0.3 is 4.90 Å². The Morgan fingerprint density at radius 2 is 2.00 bits per heavy atom. The van der Waals surface area contributed by atoms with Gasteiger partial charge in [0.05, 0.1) is 17.7 Å². The van der Waals surface area contributed by atoms with Crippen LogP contribution in [0.15, 0.2) is 17.9 Å². The zero-order valence-corrected chi connectivity index (χ0v) is 12.0. The summed E-state index contributed by atoms with van der Waals surface area (Å²) in [6, 6.07) is 0. The topological polar surface area (TPSA) is 41.9 Å². The second kappa shape index (κ2) is 5.05. The Hall–Kier alpha value is -0.760. The van der Waals surface area contributed by atoms with Crippen molar-refractivity contribution in [2.24, 2.45) is 0 Å².